The quantitative estimate of drug-likeness (QED) is 0.845. The van der Waals surface area contributed by atoms with Crippen LogP contribution in [-0.4, -0.2) is 27.6 Å². The van der Waals surface area contributed by atoms with Crippen molar-refractivity contribution in [2.24, 2.45) is 0 Å². The van der Waals surface area contributed by atoms with Crippen LogP contribution in [0.25, 0.3) is 0 Å². The molecule has 0 bridgehead atoms. The van der Waals surface area contributed by atoms with E-state index in [2.05, 4.69) is 0 Å². The minimum Gasteiger partial charge on any atom is -0.508 e. The number of amides is 1. The van der Waals surface area contributed by atoms with Crippen LogP contribution in [0.1, 0.15) is 27.0 Å². The van der Waals surface area contributed by atoms with Crippen LogP contribution >= 0.6 is 0 Å². The first-order valence-corrected chi connectivity index (χ1v) is 6.95. The molecule has 0 saturated carbocycles. The molecule has 2 aromatic carbocycles. The number of para-hydroxylation sites is 1. The first-order chi connectivity index (χ1) is 10.1. The van der Waals surface area contributed by atoms with Crippen molar-refractivity contribution in [2.45, 2.75) is 19.9 Å². The molecule has 0 spiro atoms. The fraction of sp³-hybridized carbons (Fsp3) is 0.235. The third-order valence-corrected chi connectivity index (χ3v) is 3.96. The Morgan fingerprint density at radius 2 is 1.95 bits per heavy atom. The summed E-state index contributed by atoms with van der Waals surface area (Å²) in [6.07, 6.45) is 0.758. The lowest BCUT2D eigenvalue weighted by atomic mass is 9.98. The van der Waals surface area contributed by atoms with Crippen LogP contribution in [-0.2, 0) is 13.0 Å². The van der Waals surface area contributed by atoms with Crippen LogP contribution in [0.4, 0.5) is 0 Å². The van der Waals surface area contributed by atoms with Crippen molar-refractivity contribution in [1.29, 1.82) is 0 Å². The van der Waals surface area contributed by atoms with Gasteiger partial charge in [0.15, 0.2) is 0 Å². The second-order valence-electron chi connectivity index (χ2n) is 5.40. The Morgan fingerprint density at radius 1 is 1.14 bits per heavy atom. The van der Waals surface area contributed by atoms with E-state index >= 15 is 0 Å². The zero-order chi connectivity index (χ0) is 15.0. The number of phenolic OH excluding ortho intramolecular Hbond substituents is 2. The van der Waals surface area contributed by atoms with E-state index in [0.29, 0.717) is 24.2 Å². The van der Waals surface area contributed by atoms with Gasteiger partial charge >= 0.3 is 0 Å². The number of benzene rings is 2. The third-order valence-electron chi connectivity index (χ3n) is 3.96. The molecular formula is C17H17NO3. The number of hydrogen-bond acceptors (Lipinski definition) is 3. The van der Waals surface area contributed by atoms with Crippen molar-refractivity contribution in [3.63, 3.8) is 0 Å². The van der Waals surface area contributed by atoms with Gasteiger partial charge in [-0.1, -0.05) is 18.2 Å². The number of hydrogen-bond donors (Lipinski definition) is 2. The van der Waals surface area contributed by atoms with E-state index < -0.39 is 0 Å². The maximum absolute atomic E-state index is 12.6. The van der Waals surface area contributed by atoms with Crippen LogP contribution in [0.3, 0.4) is 0 Å². The van der Waals surface area contributed by atoms with Gasteiger partial charge in [0.1, 0.15) is 11.5 Å². The average Bonchev–Trinajstić information content (AvgIpc) is 2.48. The standard InChI is InChI=1S/C17H17NO3/c1-11-3-2-4-15(16(11)20)17(21)18-8-7-12-5-6-14(19)9-13(12)10-18/h2-6,9,19-20H,7-8,10H2,1H3. The Morgan fingerprint density at radius 3 is 2.76 bits per heavy atom. The Bertz CT molecular complexity index is 709. The molecule has 1 amide bonds. The number of carbonyl (C=O) groups is 1. The van der Waals surface area contributed by atoms with Crippen LogP contribution in [0.5, 0.6) is 11.5 Å². The van der Waals surface area contributed by atoms with E-state index in [1.165, 1.54) is 0 Å². The Balaban J connectivity index is 1.89. The molecule has 2 aromatic rings. The summed E-state index contributed by atoms with van der Waals surface area (Å²) in [6.45, 7) is 2.84. The number of nitrogens with zero attached hydrogens (tertiary/aromatic N) is 1. The topological polar surface area (TPSA) is 60.8 Å². The fourth-order valence-corrected chi connectivity index (χ4v) is 2.72. The van der Waals surface area contributed by atoms with Gasteiger partial charge in [-0.05, 0) is 48.2 Å². The number of rotatable bonds is 1. The van der Waals surface area contributed by atoms with Gasteiger partial charge in [0.2, 0.25) is 0 Å². The smallest absolute Gasteiger partial charge is 0.257 e. The van der Waals surface area contributed by atoms with Crippen LogP contribution in [0, 0.1) is 6.92 Å². The highest BCUT2D eigenvalue weighted by Crippen LogP contribution is 2.27. The third kappa shape index (κ3) is 2.44. The molecule has 0 unspecified atom stereocenters. The average molecular weight is 283 g/mol. The van der Waals surface area contributed by atoms with Gasteiger partial charge in [0.25, 0.3) is 5.91 Å². The molecule has 0 atom stereocenters. The Labute approximate surface area is 123 Å². The van der Waals surface area contributed by atoms with E-state index in [9.17, 15) is 15.0 Å². The Kier molecular flexibility index (Phi) is 3.29. The second-order valence-corrected chi connectivity index (χ2v) is 5.40. The predicted molar refractivity (Wildman–Crippen MR) is 79.4 cm³/mol. The van der Waals surface area contributed by atoms with Crippen molar-refractivity contribution in [1.82, 2.24) is 4.90 Å². The molecule has 4 heteroatoms. The van der Waals surface area contributed by atoms with Crippen molar-refractivity contribution in [3.8, 4) is 11.5 Å². The molecule has 1 heterocycles. The van der Waals surface area contributed by atoms with Crippen molar-refractivity contribution in [2.75, 3.05) is 6.54 Å². The molecule has 0 fully saturated rings. The fourth-order valence-electron chi connectivity index (χ4n) is 2.72. The minimum absolute atomic E-state index is 0.0456. The largest absolute Gasteiger partial charge is 0.508 e. The molecule has 1 aliphatic heterocycles. The van der Waals surface area contributed by atoms with Gasteiger partial charge < -0.3 is 15.1 Å². The van der Waals surface area contributed by atoms with Gasteiger partial charge in [-0.25, -0.2) is 0 Å². The Hall–Kier alpha value is -2.49. The summed E-state index contributed by atoms with van der Waals surface area (Å²) in [4.78, 5) is 14.3. The summed E-state index contributed by atoms with van der Waals surface area (Å²) in [5, 5.41) is 19.6. The molecule has 0 saturated heterocycles. The summed E-state index contributed by atoms with van der Waals surface area (Å²) in [5.41, 5.74) is 3.14. The number of aryl methyl sites for hydroxylation is 1. The first kappa shape index (κ1) is 13.5. The first-order valence-electron chi connectivity index (χ1n) is 6.95. The molecule has 108 valence electrons. The van der Waals surface area contributed by atoms with Gasteiger partial charge in [0, 0.05) is 13.1 Å². The van der Waals surface area contributed by atoms with Gasteiger partial charge in [0.05, 0.1) is 5.56 Å². The lowest BCUT2D eigenvalue weighted by Gasteiger charge is -2.29. The highest BCUT2D eigenvalue weighted by Gasteiger charge is 2.24. The lowest BCUT2D eigenvalue weighted by molar-refractivity contribution is 0.0731. The number of fused-ring (bicyclic) bond motifs is 1. The number of aromatic hydroxyl groups is 2. The van der Waals surface area contributed by atoms with E-state index in [1.54, 1.807) is 42.2 Å². The van der Waals surface area contributed by atoms with Crippen LogP contribution in [0.15, 0.2) is 36.4 Å². The number of phenols is 2. The van der Waals surface area contributed by atoms with E-state index in [1.807, 2.05) is 6.07 Å². The van der Waals surface area contributed by atoms with Crippen LogP contribution < -0.4 is 0 Å². The van der Waals surface area contributed by atoms with Gasteiger partial charge in [-0.15, -0.1) is 0 Å². The summed E-state index contributed by atoms with van der Waals surface area (Å²) >= 11 is 0. The molecular weight excluding hydrogens is 266 g/mol. The molecule has 1 aliphatic rings. The van der Waals surface area contributed by atoms with Crippen molar-refractivity contribution < 1.29 is 15.0 Å². The minimum atomic E-state index is -0.176. The molecule has 4 nitrogen and oxygen atoms in total. The SMILES string of the molecule is Cc1cccc(C(=O)N2CCc3ccc(O)cc3C2)c1O. The lowest BCUT2D eigenvalue weighted by Crippen LogP contribution is -2.36. The van der Waals surface area contributed by atoms with Crippen LogP contribution in [0.2, 0.25) is 0 Å². The highest BCUT2D eigenvalue weighted by atomic mass is 16.3. The van der Waals surface area contributed by atoms with Gasteiger partial charge in [-0.3, -0.25) is 4.79 Å². The molecule has 21 heavy (non-hydrogen) atoms. The second kappa shape index (κ2) is 5.13. The number of carbonyl (C=O) groups excluding carboxylic acids is 1. The van der Waals surface area contributed by atoms with E-state index in [-0.39, 0.29) is 17.4 Å². The predicted octanol–water partition coefficient (Wildman–Crippen LogP) is 2.60. The summed E-state index contributed by atoms with van der Waals surface area (Å²) in [6, 6.07) is 10.5. The zero-order valence-electron chi connectivity index (χ0n) is 11.8. The monoisotopic (exact) mass is 283 g/mol. The van der Waals surface area contributed by atoms with E-state index in [0.717, 1.165) is 17.5 Å². The summed E-state index contributed by atoms with van der Waals surface area (Å²) in [7, 11) is 0. The van der Waals surface area contributed by atoms with E-state index in [4.69, 9.17) is 0 Å². The summed E-state index contributed by atoms with van der Waals surface area (Å²) in [5.74, 6) is 0.0795. The van der Waals surface area contributed by atoms with Gasteiger partial charge in [-0.2, -0.15) is 0 Å². The maximum Gasteiger partial charge on any atom is 0.257 e. The molecule has 3 rings (SSSR count). The molecule has 0 aliphatic carbocycles. The molecule has 0 aromatic heterocycles. The zero-order valence-corrected chi connectivity index (χ0v) is 11.8. The van der Waals surface area contributed by atoms with Crippen molar-refractivity contribution >= 4 is 5.91 Å². The maximum atomic E-state index is 12.6. The molecule has 2 N–H and O–H groups in total. The van der Waals surface area contributed by atoms with Crippen molar-refractivity contribution in [3.05, 3.63) is 58.7 Å². The highest BCUT2D eigenvalue weighted by molar-refractivity contribution is 5.97. The normalized spacial score (nSPS) is 13.9. The molecule has 0 radical (unpaired) electrons. The summed E-state index contributed by atoms with van der Waals surface area (Å²) < 4.78 is 0.